The minimum absolute atomic E-state index is 0.0746. The van der Waals surface area contributed by atoms with Gasteiger partial charge in [-0.3, -0.25) is 29.4 Å². The Kier molecular flexibility index (Phi) is 3.86. The number of imide groups is 1. The molecule has 1 aromatic carbocycles. The predicted octanol–water partition coefficient (Wildman–Crippen LogP) is 3.16. The van der Waals surface area contributed by atoms with Gasteiger partial charge >= 0.3 is 0 Å². The van der Waals surface area contributed by atoms with Crippen molar-refractivity contribution in [1.82, 2.24) is 29.8 Å². The lowest BCUT2D eigenvalue weighted by atomic mass is 10.1. The maximum Gasteiger partial charge on any atom is 0.261 e. The smallest absolute Gasteiger partial charge is 0.261 e. The highest BCUT2D eigenvalue weighted by Crippen LogP contribution is 2.39. The van der Waals surface area contributed by atoms with Crippen LogP contribution in [0.3, 0.4) is 0 Å². The molecule has 0 N–H and O–H groups in total. The molecule has 4 aromatic rings. The van der Waals surface area contributed by atoms with Crippen molar-refractivity contribution in [2.45, 2.75) is 25.3 Å². The highest BCUT2D eigenvalue weighted by molar-refractivity contribution is 6.21. The minimum Gasteiger partial charge on any atom is -0.269 e. The highest BCUT2D eigenvalue weighted by Gasteiger charge is 2.35. The topological polar surface area (TPSA) is 102 Å². The van der Waals surface area contributed by atoms with E-state index in [0.717, 1.165) is 18.5 Å². The van der Waals surface area contributed by atoms with E-state index in [9.17, 15) is 9.59 Å². The van der Waals surface area contributed by atoms with Crippen LogP contribution in [0.15, 0.2) is 55.1 Å². The largest absolute Gasteiger partial charge is 0.269 e. The van der Waals surface area contributed by atoms with E-state index in [1.165, 1.54) is 4.90 Å². The Bertz CT molecular complexity index is 1350. The van der Waals surface area contributed by atoms with E-state index in [0.29, 0.717) is 45.2 Å². The number of hydrogen-bond acceptors (Lipinski definition) is 7. The molecule has 0 spiro atoms. The van der Waals surface area contributed by atoms with Gasteiger partial charge in [-0.15, -0.1) is 0 Å². The molecule has 1 saturated carbocycles. The summed E-state index contributed by atoms with van der Waals surface area (Å²) < 4.78 is 0. The SMILES string of the molecule is O=C1c2ccccc2C(=O)N1Cc1cc2nc(-c3cncc(C4CC4)n3)cnc2cn1. The van der Waals surface area contributed by atoms with Crippen LogP contribution in [-0.4, -0.2) is 41.6 Å². The third-order valence-electron chi connectivity index (χ3n) is 5.59. The first-order valence-corrected chi connectivity index (χ1v) is 10.1. The summed E-state index contributed by atoms with van der Waals surface area (Å²) in [5.41, 5.74) is 4.94. The lowest BCUT2D eigenvalue weighted by molar-refractivity contribution is 0.0640. The monoisotopic (exact) mass is 408 g/mol. The maximum absolute atomic E-state index is 12.6. The third-order valence-corrected chi connectivity index (χ3v) is 5.59. The van der Waals surface area contributed by atoms with Gasteiger partial charge < -0.3 is 0 Å². The summed E-state index contributed by atoms with van der Waals surface area (Å²) in [5.74, 6) is -0.125. The van der Waals surface area contributed by atoms with Crippen LogP contribution in [0.1, 0.15) is 50.9 Å². The van der Waals surface area contributed by atoms with Gasteiger partial charge in [0.2, 0.25) is 0 Å². The number of hydrogen-bond donors (Lipinski definition) is 0. The van der Waals surface area contributed by atoms with Crippen molar-refractivity contribution in [2.75, 3.05) is 0 Å². The molecule has 8 heteroatoms. The van der Waals surface area contributed by atoms with Gasteiger partial charge in [0.25, 0.3) is 11.8 Å². The molecular weight excluding hydrogens is 392 g/mol. The molecule has 2 amide bonds. The van der Waals surface area contributed by atoms with E-state index in [2.05, 4.69) is 24.9 Å². The number of rotatable bonds is 4. The van der Waals surface area contributed by atoms with Crippen molar-refractivity contribution in [3.05, 3.63) is 77.6 Å². The van der Waals surface area contributed by atoms with Crippen molar-refractivity contribution in [1.29, 1.82) is 0 Å². The first-order chi connectivity index (χ1) is 15.2. The summed E-state index contributed by atoms with van der Waals surface area (Å²) in [6.07, 6.45) is 9.05. The van der Waals surface area contributed by atoms with Gasteiger partial charge in [0.15, 0.2) is 0 Å². The number of amides is 2. The summed E-state index contributed by atoms with van der Waals surface area (Å²) in [6, 6.07) is 8.59. The lowest BCUT2D eigenvalue weighted by Crippen LogP contribution is -2.29. The van der Waals surface area contributed by atoms with E-state index >= 15 is 0 Å². The van der Waals surface area contributed by atoms with Crippen LogP contribution in [-0.2, 0) is 6.54 Å². The number of aromatic nitrogens is 5. The normalized spacial score (nSPS) is 15.5. The van der Waals surface area contributed by atoms with Crippen molar-refractivity contribution in [3.63, 3.8) is 0 Å². The molecule has 150 valence electrons. The van der Waals surface area contributed by atoms with Crippen LogP contribution >= 0.6 is 0 Å². The summed E-state index contributed by atoms with van der Waals surface area (Å²) in [6.45, 7) is 0.0746. The van der Waals surface area contributed by atoms with Gasteiger partial charge in [0.1, 0.15) is 16.9 Å². The van der Waals surface area contributed by atoms with E-state index in [-0.39, 0.29) is 18.4 Å². The fourth-order valence-electron chi connectivity index (χ4n) is 3.79. The summed E-state index contributed by atoms with van der Waals surface area (Å²) in [4.78, 5) is 49.0. The number of fused-ring (bicyclic) bond motifs is 2. The standard InChI is InChI=1S/C23H16N6O2/c30-22-15-3-1-2-4-16(15)23(31)29(22)12-14-7-17-19(10-25-14)26-11-21(27-17)20-9-24-8-18(28-20)13-5-6-13/h1-4,7-11,13H,5-6,12H2. The molecule has 0 radical (unpaired) electrons. The molecule has 2 aliphatic rings. The minimum atomic E-state index is -0.311. The molecule has 6 rings (SSSR count). The molecule has 8 nitrogen and oxygen atoms in total. The van der Waals surface area contributed by atoms with Crippen LogP contribution in [0, 0.1) is 0 Å². The molecule has 0 unspecified atom stereocenters. The summed E-state index contributed by atoms with van der Waals surface area (Å²) >= 11 is 0. The Morgan fingerprint density at radius 3 is 2.32 bits per heavy atom. The molecule has 31 heavy (non-hydrogen) atoms. The second-order valence-electron chi connectivity index (χ2n) is 7.77. The molecule has 0 saturated heterocycles. The quantitative estimate of drug-likeness (QED) is 0.478. The van der Waals surface area contributed by atoms with E-state index < -0.39 is 0 Å². The van der Waals surface area contributed by atoms with Gasteiger partial charge in [-0.25, -0.2) is 9.97 Å². The van der Waals surface area contributed by atoms with Gasteiger partial charge in [-0.05, 0) is 31.0 Å². The van der Waals surface area contributed by atoms with E-state index in [1.807, 2.05) is 0 Å². The van der Waals surface area contributed by atoms with Crippen LogP contribution < -0.4 is 0 Å². The summed E-state index contributed by atoms with van der Waals surface area (Å²) in [7, 11) is 0. The molecule has 1 aliphatic heterocycles. The zero-order chi connectivity index (χ0) is 20.9. The molecule has 3 aromatic heterocycles. The summed E-state index contributed by atoms with van der Waals surface area (Å²) in [5, 5.41) is 0. The van der Waals surface area contributed by atoms with Crippen LogP contribution in [0.2, 0.25) is 0 Å². The van der Waals surface area contributed by atoms with E-state index in [4.69, 9.17) is 0 Å². The van der Waals surface area contributed by atoms with Crippen LogP contribution in [0.5, 0.6) is 0 Å². The molecular formula is C23H16N6O2. The van der Waals surface area contributed by atoms with Crippen LogP contribution in [0.4, 0.5) is 0 Å². The molecule has 4 heterocycles. The van der Waals surface area contributed by atoms with Gasteiger partial charge in [0, 0.05) is 12.1 Å². The fraction of sp³-hybridized carbons (Fsp3) is 0.174. The predicted molar refractivity (Wildman–Crippen MR) is 111 cm³/mol. The number of carbonyl (C=O) groups is 2. The van der Waals surface area contributed by atoms with Crippen molar-refractivity contribution in [3.8, 4) is 11.4 Å². The lowest BCUT2D eigenvalue weighted by Gasteiger charge is -2.13. The Morgan fingerprint density at radius 1 is 0.839 bits per heavy atom. The van der Waals surface area contributed by atoms with E-state index in [1.54, 1.807) is 55.1 Å². The molecule has 0 atom stereocenters. The molecule has 1 aliphatic carbocycles. The Morgan fingerprint density at radius 2 is 1.58 bits per heavy atom. The Hall–Kier alpha value is -4.07. The first-order valence-electron chi connectivity index (χ1n) is 10.1. The van der Waals surface area contributed by atoms with Gasteiger partial charge in [-0.2, -0.15) is 0 Å². The number of nitrogens with zero attached hydrogens (tertiary/aromatic N) is 6. The number of pyridine rings is 1. The number of carbonyl (C=O) groups excluding carboxylic acids is 2. The average molecular weight is 408 g/mol. The Labute approximate surface area is 177 Å². The molecule has 1 fully saturated rings. The van der Waals surface area contributed by atoms with Gasteiger partial charge in [-0.1, -0.05) is 12.1 Å². The van der Waals surface area contributed by atoms with Crippen molar-refractivity contribution in [2.24, 2.45) is 0 Å². The first kappa shape index (κ1) is 17.8. The van der Waals surface area contributed by atoms with Crippen molar-refractivity contribution >= 4 is 22.8 Å². The van der Waals surface area contributed by atoms with Gasteiger partial charge in [0.05, 0.1) is 53.2 Å². The molecule has 0 bridgehead atoms. The van der Waals surface area contributed by atoms with Crippen molar-refractivity contribution < 1.29 is 9.59 Å². The maximum atomic E-state index is 12.6. The third kappa shape index (κ3) is 3.04. The highest BCUT2D eigenvalue weighted by atomic mass is 16.2. The average Bonchev–Trinajstić information content (AvgIpc) is 3.64. The second-order valence-corrected chi connectivity index (χ2v) is 7.77. The van der Waals surface area contributed by atoms with Crippen LogP contribution in [0.25, 0.3) is 22.4 Å². The Balaban J connectivity index is 1.32. The second kappa shape index (κ2) is 6.73. The fourth-order valence-corrected chi connectivity index (χ4v) is 3.79. The number of benzene rings is 1. The zero-order valence-corrected chi connectivity index (χ0v) is 16.4. The zero-order valence-electron chi connectivity index (χ0n) is 16.4.